The van der Waals surface area contributed by atoms with Crippen molar-refractivity contribution in [2.24, 2.45) is 5.41 Å². The number of carbonyl (C=O) groups is 3. The third-order valence-electron chi connectivity index (χ3n) is 9.25. The Morgan fingerprint density at radius 3 is 2.53 bits per heavy atom. The molecule has 4 aliphatic heterocycles. The van der Waals surface area contributed by atoms with Gasteiger partial charge in [-0.25, -0.2) is 4.79 Å². The van der Waals surface area contributed by atoms with Crippen LogP contribution >= 0.6 is 0 Å². The van der Waals surface area contributed by atoms with Gasteiger partial charge in [0.05, 0.1) is 17.1 Å². The summed E-state index contributed by atoms with van der Waals surface area (Å²) in [6.07, 6.45) is 5.20. The van der Waals surface area contributed by atoms with Gasteiger partial charge in [0.2, 0.25) is 5.91 Å². The van der Waals surface area contributed by atoms with Crippen molar-refractivity contribution in [3.05, 3.63) is 45.7 Å². The van der Waals surface area contributed by atoms with E-state index in [9.17, 15) is 19.5 Å². The average Bonchev–Trinajstić information content (AvgIpc) is 3.50. The van der Waals surface area contributed by atoms with Gasteiger partial charge in [-0.2, -0.15) is 0 Å². The number of ether oxygens (including phenoxy) is 1. The fourth-order valence-electron chi connectivity index (χ4n) is 7.33. The third kappa shape index (κ3) is 3.13. The topological polar surface area (TPSA) is 87.2 Å². The fourth-order valence-corrected chi connectivity index (χ4v) is 7.33. The zero-order valence-electron chi connectivity index (χ0n) is 19.9. The average molecular weight is 465 g/mol. The van der Waals surface area contributed by atoms with Gasteiger partial charge >= 0.3 is 5.97 Å². The highest BCUT2D eigenvalue weighted by atomic mass is 16.5. The molecule has 6 rings (SSSR count). The number of nitrogens with zero attached hydrogens (tertiary/aromatic N) is 2. The molecule has 4 atom stereocenters. The number of fused-ring (bicyclic) bond motifs is 3. The summed E-state index contributed by atoms with van der Waals surface area (Å²) in [5.74, 6) is 0.0971. The number of Topliss-reactive ketones (excluding diaryl/α,β-unsaturated/α-hetero) is 1. The minimum absolute atomic E-state index is 0.172. The largest absolute Gasteiger partial charge is 0.457 e. The quantitative estimate of drug-likeness (QED) is 0.689. The molecule has 4 heterocycles. The first-order chi connectivity index (χ1) is 16.3. The van der Waals surface area contributed by atoms with Gasteiger partial charge in [0.1, 0.15) is 6.61 Å². The zero-order valence-corrected chi connectivity index (χ0v) is 19.9. The third-order valence-corrected chi connectivity index (χ3v) is 9.25. The second-order valence-electron chi connectivity index (χ2n) is 10.9. The van der Waals surface area contributed by atoms with E-state index in [0.29, 0.717) is 24.9 Å². The summed E-state index contributed by atoms with van der Waals surface area (Å²) in [7, 11) is 0. The molecule has 1 aromatic rings. The van der Waals surface area contributed by atoms with Crippen LogP contribution in [-0.2, 0) is 20.9 Å². The molecule has 1 aromatic carbocycles. The van der Waals surface area contributed by atoms with Gasteiger partial charge < -0.3 is 14.7 Å². The molecule has 1 aliphatic carbocycles. The van der Waals surface area contributed by atoms with Crippen LogP contribution in [0.1, 0.15) is 85.0 Å². The highest BCUT2D eigenvalue weighted by molar-refractivity contribution is 5.99. The molecule has 0 aromatic heterocycles. The Kier molecular flexibility index (Phi) is 5.01. The van der Waals surface area contributed by atoms with Gasteiger partial charge in [-0.1, -0.05) is 6.07 Å². The lowest BCUT2D eigenvalue weighted by atomic mass is 9.73. The number of esters is 1. The van der Waals surface area contributed by atoms with Crippen molar-refractivity contribution >= 4 is 17.7 Å². The molecule has 34 heavy (non-hydrogen) atoms. The minimum atomic E-state index is -0.647. The number of aliphatic hydroxyl groups is 1. The number of hydrogen-bond acceptors (Lipinski definition) is 6. The molecule has 1 spiro atoms. The first-order valence-electron chi connectivity index (χ1n) is 12.6. The van der Waals surface area contributed by atoms with Crippen molar-refractivity contribution in [2.75, 3.05) is 13.1 Å². The molecule has 0 radical (unpaired) electrons. The summed E-state index contributed by atoms with van der Waals surface area (Å²) in [5, 5.41) is 11.2. The Balaban J connectivity index is 1.18. The number of ketones is 1. The van der Waals surface area contributed by atoms with E-state index in [-0.39, 0.29) is 41.8 Å². The summed E-state index contributed by atoms with van der Waals surface area (Å²) >= 11 is 0. The van der Waals surface area contributed by atoms with E-state index in [1.165, 1.54) is 0 Å². The smallest absolute Gasteiger partial charge is 0.338 e. The number of piperidine rings is 1. The molecule has 2 bridgehead atoms. The highest BCUT2D eigenvalue weighted by Gasteiger charge is 2.56. The number of aliphatic hydroxyl groups excluding tert-OH is 1. The second-order valence-corrected chi connectivity index (χ2v) is 10.9. The monoisotopic (exact) mass is 464 g/mol. The summed E-state index contributed by atoms with van der Waals surface area (Å²) in [6, 6.07) is 4.21. The van der Waals surface area contributed by atoms with E-state index >= 15 is 0 Å². The number of hydrogen-bond donors (Lipinski definition) is 1. The Bertz CT molecular complexity index is 1120. The number of likely N-dealkylation sites (tertiary alicyclic amines) is 1. The van der Waals surface area contributed by atoms with Crippen LogP contribution in [0.15, 0.2) is 23.4 Å². The fraction of sp³-hybridized carbons (Fsp3) is 0.593. The summed E-state index contributed by atoms with van der Waals surface area (Å²) < 4.78 is 5.17. The summed E-state index contributed by atoms with van der Waals surface area (Å²) in [6.45, 7) is 5.35. The van der Waals surface area contributed by atoms with Crippen LogP contribution in [0.2, 0.25) is 0 Å². The van der Waals surface area contributed by atoms with E-state index in [4.69, 9.17) is 4.74 Å². The normalized spacial score (nSPS) is 31.7. The molecular weight excluding hydrogens is 432 g/mol. The lowest BCUT2D eigenvalue weighted by molar-refractivity contribution is -0.138. The van der Waals surface area contributed by atoms with Gasteiger partial charge in [0.15, 0.2) is 5.78 Å². The van der Waals surface area contributed by atoms with Crippen molar-refractivity contribution in [1.82, 2.24) is 9.80 Å². The van der Waals surface area contributed by atoms with Gasteiger partial charge in [-0.15, -0.1) is 0 Å². The van der Waals surface area contributed by atoms with Crippen LogP contribution in [0.3, 0.4) is 0 Å². The molecule has 7 nitrogen and oxygen atoms in total. The Morgan fingerprint density at radius 2 is 1.85 bits per heavy atom. The van der Waals surface area contributed by atoms with Gasteiger partial charge in [0, 0.05) is 48.4 Å². The van der Waals surface area contributed by atoms with Crippen LogP contribution in [-0.4, -0.2) is 57.7 Å². The predicted molar refractivity (Wildman–Crippen MR) is 124 cm³/mol. The number of allylic oxidation sites excluding steroid dienone is 2. The van der Waals surface area contributed by atoms with E-state index < -0.39 is 6.10 Å². The van der Waals surface area contributed by atoms with Crippen molar-refractivity contribution < 1.29 is 24.2 Å². The number of amides is 1. The van der Waals surface area contributed by atoms with Crippen LogP contribution in [0.5, 0.6) is 0 Å². The van der Waals surface area contributed by atoms with Crippen LogP contribution in [0.25, 0.3) is 0 Å². The van der Waals surface area contributed by atoms with E-state index in [2.05, 4.69) is 4.90 Å². The SMILES string of the molecule is CC1=C(N2CC[C@@]3(C[C@H]4CC[C@@H](C3)N4C[C@H](O)c3ccc4c(c3C)COC4=O)C2=O)CCC1=O. The Morgan fingerprint density at radius 1 is 1.12 bits per heavy atom. The predicted octanol–water partition coefficient (Wildman–Crippen LogP) is 3.18. The standard InChI is InChI=1S/C27H32N2O5/c1-15-19(5-6-20-21(15)14-34-25(20)32)24(31)13-29-17-3-4-18(29)12-27(11-17)9-10-28(26(27)33)22-7-8-23(30)16(22)2/h5-6,17-18,24,31H,3-4,7-14H2,1-2H3/t17-,18+,24-,27+/m0/s1. The van der Waals surface area contributed by atoms with Gasteiger partial charge in [-0.3, -0.25) is 14.5 Å². The molecule has 5 aliphatic rings. The number of benzene rings is 1. The van der Waals surface area contributed by atoms with E-state index in [1.807, 2.05) is 24.8 Å². The molecule has 3 fully saturated rings. The molecule has 1 amide bonds. The summed E-state index contributed by atoms with van der Waals surface area (Å²) in [5.41, 5.74) is 4.67. The molecule has 1 N–H and O–H groups in total. The van der Waals surface area contributed by atoms with Crippen molar-refractivity contribution in [3.63, 3.8) is 0 Å². The highest BCUT2D eigenvalue weighted by Crippen LogP contribution is 2.52. The maximum atomic E-state index is 13.6. The van der Waals surface area contributed by atoms with Crippen molar-refractivity contribution in [3.8, 4) is 0 Å². The lowest BCUT2D eigenvalue weighted by Crippen LogP contribution is -2.51. The number of rotatable bonds is 4. The number of carbonyl (C=O) groups excluding carboxylic acids is 3. The molecule has 0 unspecified atom stereocenters. The minimum Gasteiger partial charge on any atom is -0.457 e. The van der Waals surface area contributed by atoms with Crippen molar-refractivity contribution in [1.29, 1.82) is 0 Å². The Hall–Kier alpha value is -2.51. The van der Waals surface area contributed by atoms with E-state index in [1.54, 1.807) is 6.07 Å². The molecule has 7 heteroatoms. The molecule has 3 saturated heterocycles. The molecular formula is C27H32N2O5. The maximum Gasteiger partial charge on any atom is 0.338 e. The summed E-state index contributed by atoms with van der Waals surface area (Å²) in [4.78, 5) is 41.9. The van der Waals surface area contributed by atoms with Gasteiger partial charge in [-0.05, 0) is 69.6 Å². The molecule has 180 valence electrons. The van der Waals surface area contributed by atoms with Crippen LogP contribution in [0.4, 0.5) is 0 Å². The zero-order chi connectivity index (χ0) is 23.8. The lowest BCUT2D eigenvalue weighted by Gasteiger charge is -2.44. The van der Waals surface area contributed by atoms with Crippen LogP contribution < -0.4 is 0 Å². The Labute approximate surface area is 199 Å². The number of cyclic esters (lactones) is 1. The van der Waals surface area contributed by atoms with E-state index in [0.717, 1.165) is 66.6 Å². The molecule has 0 saturated carbocycles. The van der Waals surface area contributed by atoms with Crippen LogP contribution in [0, 0.1) is 12.3 Å². The van der Waals surface area contributed by atoms with Crippen molar-refractivity contribution in [2.45, 2.75) is 83.6 Å². The first kappa shape index (κ1) is 22.0. The maximum absolute atomic E-state index is 13.6. The first-order valence-corrected chi connectivity index (χ1v) is 12.6. The van der Waals surface area contributed by atoms with Gasteiger partial charge in [0.25, 0.3) is 0 Å². The second kappa shape index (κ2) is 7.75.